The van der Waals surface area contributed by atoms with Gasteiger partial charge in [-0.2, -0.15) is 0 Å². The second-order valence-corrected chi connectivity index (χ2v) is 6.56. The molecule has 0 amide bonds. The fourth-order valence-corrected chi connectivity index (χ4v) is 2.65. The molecule has 0 spiro atoms. The van der Waals surface area contributed by atoms with Crippen molar-refractivity contribution in [3.8, 4) is 0 Å². The Kier molecular flexibility index (Phi) is 4.87. The van der Waals surface area contributed by atoms with Crippen molar-refractivity contribution in [2.45, 2.75) is 31.3 Å². The Labute approximate surface area is 124 Å². The summed E-state index contributed by atoms with van der Waals surface area (Å²) in [4.78, 5) is 7.91. The molecule has 0 saturated heterocycles. The summed E-state index contributed by atoms with van der Waals surface area (Å²) < 4.78 is 26.8. The molecule has 21 heavy (non-hydrogen) atoms. The summed E-state index contributed by atoms with van der Waals surface area (Å²) in [7, 11) is -3.63. The van der Waals surface area contributed by atoms with Crippen LogP contribution >= 0.6 is 0 Å². The smallest absolute Gasteiger partial charge is 0.263 e. The molecule has 2 aromatic rings. The highest BCUT2D eigenvalue weighted by molar-refractivity contribution is 7.92. The standard InChI is InChI=1S/C14H18N4O2S/c1-11(2)17-9-12-3-5-13(6-4-12)21(19,20)18-14-10-15-7-8-16-14/h3-8,10-11,17H,9H2,1-2H3,(H,16,18). The van der Waals surface area contributed by atoms with Crippen LogP contribution in [-0.4, -0.2) is 24.4 Å². The first-order chi connectivity index (χ1) is 9.97. The highest BCUT2D eigenvalue weighted by Crippen LogP contribution is 2.14. The minimum atomic E-state index is -3.63. The van der Waals surface area contributed by atoms with Gasteiger partial charge in [-0.25, -0.2) is 13.4 Å². The van der Waals surface area contributed by atoms with E-state index >= 15 is 0 Å². The van der Waals surface area contributed by atoms with E-state index in [1.807, 2.05) is 0 Å². The van der Waals surface area contributed by atoms with Crippen LogP contribution in [0.25, 0.3) is 0 Å². The van der Waals surface area contributed by atoms with Gasteiger partial charge in [-0.3, -0.25) is 9.71 Å². The third-order valence-electron chi connectivity index (χ3n) is 2.75. The molecule has 6 nitrogen and oxygen atoms in total. The number of hydrogen-bond acceptors (Lipinski definition) is 5. The van der Waals surface area contributed by atoms with E-state index in [9.17, 15) is 8.42 Å². The van der Waals surface area contributed by atoms with Gasteiger partial charge in [-0.1, -0.05) is 26.0 Å². The Morgan fingerprint density at radius 3 is 2.43 bits per heavy atom. The van der Waals surface area contributed by atoms with Crippen molar-refractivity contribution in [1.82, 2.24) is 15.3 Å². The molecule has 0 aliphatic rings. The van der Waals surface area contributed by atoms with Crippen LogP contribution in [0.5, 0.6) is 0 Å². The van der Waals surface area contributed by atoms with Crippen LogP contribution in [-0.2, 0) is 16.6 Å². The fraction of sp³-hybridized carbons (Fsp3) is 0.286. The largest absolute Gasteiger partial charge is 0.310 e. The monoisotopic (exact) mass is 306 g/mol. The topological polar surface area (TPSA) is 84.0 Å². The normalized spacial score (nSPS) is 11.6. The van der Waals surface area contributed by atoms with Crippen LogP contribution in [0.15, 0.2) is 47.8 Å². The van der Waals surface area contributed by atoms with E-state index in [0.29, 0.717) is 12.6 Å². The van der Waals surface area contributed by atoms with Gasteiger partial charge in [0.2, 0.25) is 0 Å². The van der Waals surface area contributed by atoms with Crippen LogP contribution in [0.4, 0.5) is 5.82 Å². The number of aromatic nitrogens is 2. The SMILES string of the molecule is CC(C)NCc1ccc(S(=O)(=O)Nc2cnccn2)cc1. The van der Waals surface area contributed by atoms with E-state index in [1.54, 1.807) is 24.3 Å². The Morgan fingerprint density at radius 1 is 1.14 bits per heavy atom. The zero-order valence-electron chi connectivity index (χ0n) is 11.9. The highest BCUT2D eigenvalue weighted by Gasteiger charge is 2.14. The Morgan fingerprint density at radius 2 is 1.86 bits per heavy atom. The summed E-state index contributed by atoms with van der Waals surface area (Å²) >= 11 is 0. The molecule has 1 aromatic heterocycles. The van der Waals surface area contributed by atoms with Gasteiger partial charge < -0.3 is 5.32 Å². The predicted molar refractivity (Wildman–Crippen MR) is 81.3 cm³/mol. The summed E-state index contributed by atoms with van der Waals surface area (Å²) in [5.41, 5.74) is 1.03. The van der Waals surface area contributed by atoms with Gasteiger partial charge in [0.05, 0.1) is 11.1 Å². The third kappa shape index (κ3) is 4.51. The second kappa shape index (κ2) is 6.64. The lowest BCUT2D eigenvalue weighted by atomic mass is 10.2. The Bertz CT molecular complexity index is 670. The van der Waals surface area contributed by atoms with E-state index < -0.39 is 10.0 Å². The lowest BCUT2D eigenvalue weighted by molar-refractivity contribution is 0.588. The molecule has 1 heterocycles. The number of nitrogens with one attached hydrogen (secondary N) is 2. The van der Waals surface area contributed by atoms with E-state index in [1.165, 1.54) is 18.6 Å². The third-order valence-corrected chi connectivity index (χ3v) is 4.12. The van der Waals surface area contributed by atoms with Crippen LogP contribution in [0.1, 0.15) is 19.4 Å². The maximum atomic E-state index is 12.2. The van der Waals surface area contributed by atoms with E-state index in [0.717, 1.165) is 5.56 Å². The van der Waals surface area contributed by atoms with E-state index in [4.69, 9.17) is 0 Å². The van der Waals surface area contributed by atoms with Crippen LogP contribution in [0.3, 0.4) is 0 Å². The number of rotatable bonds is 6. The lowest BCUT2D eigenvalue weighted by Gasteiger charge is -2.10. The van der Waals surface area contributed by atoms with Crippen molar-refractivity contribution in [3.05, 3.63) is 48.4 Å². The number of nitrogens with zero attached hydrogens (tertiary/aromatic N) is 2. The molecular weight excluding hydrogens is 288 g/mol. The Hall–Kier alpha value is -1.99. The molecule has 0 aliphatic heterocycles. The molecule has 1 aromatic carbocycles. The fourth-order valence-electron chi connectivity index (χ4n) is 1.66. The van der Waals surface area contributed by atoms with Crippen molar-refractivity contribution in [1.29, 1.82) is 0 Å². The molecular formula is C14H18N4O2S. The average molecular weight is 306 g/mol. The second-order valence-electron chi connectivity index (χ2n) is 4.88. The average Bonchev–Trinajstić information content (AvgIpc) is 2.46. The molecule has 0 aliphatic carbocycles. The predicted octanol–water partition coefficient (Wildman–Crippen LogP) is 1.78. The maximum absolute atomic E-state index is 12.2. The quantitative estimate of drug-likeness (QED) is 0.850. The number of sulfonamides is 1. The lowest BCUT2D eigenvalue weighted by Crippen LogP contribution is -2.21. The summed E-state index contributed by atoms with van der Waals surface area (Å²) in [5.74, 6) is 0.197. The number of benzene rings is 1. The molecule has 0 saturated carbocycles. The first-order valence-corrected chi connectivity index (χ1v) is 8.07. The van der Waals surface area contributed by atoms with Crippen molar-refractivity contribution < 1.29 is 8.42 Å². The van der Waals surface area contributed by atoms with E-state index in [2.05, 4.69) is 33.9 Å². The molecule has 0 radical (unpaired) electrons. The number of anilines is 1. The molecule has 7 heteroatoms. The van der Waals surface area contributed by atoms with E-state index in [-0.39, 0.29) is 10.7 Å². The zero-order chi connectivity index (χ0) is 15.3. The van der Waals surface area contributed by atoms with Gasteiger partial charge in [0.25, 0.3) is 10.0 Å². The molecule has 0 bridgehead atoms. The van der Waals surface area contributed by atoms with Crippen LogP contribution in [0.2, 0.25) is 0 Å². The van der Waals surface area contributed by atoms with Crippen molar-refractivity contribution in [3.63, 3.8) is 0 Å². The first kappa shape index (κ1) is 15.4. The zero-order valence-corrected chi connectivity index (χ0v) is 12.8. The van der Waals surface area contributed by atoms with Crippen LogP contribution < -0.4 is 10.0 Å². The molecule has 2 rings (SSSR count). The molecule has 0 unspecified atom stereocenters. The minimum absolute atomic E-state index is 0.196. The van der Waals surface area contributed by atoms with Gasteiger partial charge in [0.1, 0.15) is 0 Å². The molecule has 112 valence electrons. The summed E-state index contributed by atoms with van der Waals surface area (Å²) in [6.45, 7) is 4.82. The van der Waals surface area contributed by atoms with Gasteiger partial charge in [0, 0.05) is 25.0 Å². The van der Waals surface area contributed by atoms with Crippen LogP contribution in [0, 0.1) is 0 Å². The highest BCUT2D eigenvalue weighted by atomic mass is 32.2. The molecule has 0 fully saturated rings. The Balaban J connectivity index is 2.10. The van der Waals surface area contributed by atoms with Crippen molar-refractivity contribution >= 4 is 15.8 Å². The minimum Gasteiger partial charge on any atom is -0.310 e. The maximum Gasteiger partial charge on any atom is 0.263 e. The summed E-state index contributed by atoms with van der Waals surface area (Å²) in [5, 5.41) is 3.28. The number of hydrogen-bond donors (Lipinski definition) is 2. The van der Waals surface area contributed by atoms with Gasteiger partial charge in [-0.15, -0.1) is 0 Å². The summed E-state index contributed by atoms with van der Waals surface area (Å²) in [6.07, 6.45) is 4.27. The molecule has 0 atom stereocenters. The van der Waals surface area contributed by atoms with Crippen molar-refractivity contribution in [2.75, 3.05) is 4.72 Å². The summed E-state index contributed by atoms with van der Waals surface area (Å²) in [6, 6.07) is 7.12. The van der Waals surface area contributed by atoms with Crippen molar-refractivity contribution in [2.24, 2.45) is 0 Å². The molecule has 2 N–H and O–H groups in total. The first-order valence-electron chi connectivity index (χ1n) is 6.58. The van der Waals surface area contributed by atoms with Gasteiger partial charge in [0.15, 0.2) is 5.82 Å². The van der Waals surface area contributed by atoms with Gasteiger partial charge in [-0.05, 0) is 17.7 Å². The van der Waals surface area contributed by atoms with Gasteiger partial charge >= 0.3 is 0 Å².